The lowest BCUT2D eigenvalue weighted by molar-refractivity contribution is -0.161. The van der Waals surface area contributed by atoms with Gasteiger partial charge in [-0.3, -0.25) is 9.59 Å². The summed E-state index contributed by atoms with van der Waals surface area (Å²) in [6, 6.07) is 3.24. The highest BCUT2D eigenvalue weighted by atomic mass is 19.1. The summed E-state index contributed by atoms with van der Waals surface area (Å²) in [7, 11) is 1.43. The van der Waals surface area contributed by atoms with E-state index in [0.717, 1.165) is 12.1 Å². The van der Waals surface area contributed by atoms with Crippen LogP contribution in [0.3, 0.4) is 0 Å². The molecule has 28 heavy (non-hydrogen) atoms. The fraction of sp³-hybridized carbons (Fsp3) is 0.600. The summed E-state index contributed by atoms with van der Waals surface area (Å²) in [5, 5.41) is 9.75. The highest BCUT2D eigenvalue weighted by Gasteiger charge is 2.50. The summed E-state index contributed by atoms with van der Waals surface area (Å²) < 4.78 is 38.6. The van der Waals surface area contributed by atoms with Gasteiger partial charge in [0.1, 0.15) is 17.0 Å². The molecular weight excluding hydrogens is 372 g/mol. The van der Waals surface area contributed by atoms with E-state index in [1.54, 1.807) is 0 Å². The number of carboxylic acids is 1. The van der Waals surface area contributed by atoms with Crippen molar-refractivity contribution in [3.63, 3.8) is 0 Å². The van der Waals surface area contributed by atoms with E-state index < -0.39 is 28.4 Å². The Kier molecular flexibility index (Phi) is 6.00. The van der Waals surface area contributed by atoms with Gasteiger partial charge in [-0.25, -0.2) is 8.78 Å². The SMILES string of the molecule is COCC1(C(=O)O)CCCN(C(=O)C2(c3ccc(F)cc3F)CCOCC2)C1. The molecule has 1 aromatic rings. The van der Waals surface area contributed by atoms with Crippen molar-refractivity contribution in [2.45, 2.75) is 31.1 Å². The van der Waals surface area contributed by atoms with Crippen LogP contribution < -0.4 is 0 Å². The average molecular weight is 397 g/mol. The summed E-state index contributed by atoms with van der Waals surface area (Å²) in [5.41, 5.74) is -2.23. The zero-order valence-electron chi connectivity index (χ0n) is 15.9. The van der Waals surface area contributed by atoms with Crippen LogP contribution in [0.5, 0.6) is 0 Å². The molecule has 1 atom stereocenters. The van der Waals surface area contributed by atoms with E-state index >= 15 is 0 Å². The number of benzene rings is 1. The van der Waals surface area contributed by atoms with Crippen molar-refractivity contribution >= 4 is 11.9 Å². The number of methoxy groups -OCH3 is 1. The Morgan fingerprint density at radius 1 is 1.25 bits per heavy atom. The number of hydrogen-bond donors (Lipinski definition) is 1. The molecule has 6 nitrogen and oxygen atoms in total. The minimum Gasteiger partial charge on any atom is -0.481 e. The fourth-order valence-corrected chi connectivity index (χ4v) is 4.43. The topological polar surface area (TPSA) is 76.1 Å². The molecule has 1 N–H and O–H groups in total. The van der Waals surface area contributed by atoms with Crippen LogP contribution in [0.15, 0.2) is 18.2 Å². The van der Waals surface area contributed by atoms with Crippen LogP contribution >= 0.6 is 0 Å². The Morgan fingerprint density at radius 2 is 1.96 bits per heavy atom. The predicted octanol–water partition coefficient (Wildman–Crippen LogP) is 2.35. The molecule has 1 unspecified atom stereocenters. The monoisotopic (exact) mass is 397 g/mol. The summed E-state index contributed by atoms with van der Waals surface area (Å²) in [4.78, 5) is 27.0. The van der Waals surface area contributed by atoms with Gasteiger partial charge in [0.05, 0.1) is 12.0 Å². The largest absolute Gasteiger partial charge is 0.481 e. The molecule has 3 rings (SSSR count). The van der Waals surface area contributed by atoms with Gasteiger partial charge >= 0.3 is 5.97 Å². The first-order chi connectivity index (χ1) is 13.3. The van der Waals surface area contributed by atoms with Gasteiger partial charge in [-0.2, -0.15) is 0 Å². The fourth-order valence-electron chi connectivity index (χ4n) is 4.43. The third kappa shape index (κ3) is 3.63. The molecule has 0 saturated carbocycles. The second-order valence-corrected chi connectivity index (χ2v) is 7.67. The zero-order valence-corrected chi connectivity index (χ0v) is 15.9. The summed E-state index contributed by atoms with van der Waals surface area (Å²) in [6.07, 6.45) is 1.44. The highest BCUT2D eigenvalue weighted by Crippen LogP contribution is 2.41. The number of aliphatic carboxylic acids is 1. The molecule has 0 radical (unpaired) electrons. The predicted molar refractivity (Wildman–Crippen MR) is 95.8 cm³/mol. The Balaban J connectivity index is 1.97. The van der Waals surface area contributed by atoms with Crippen LogP contribution in [0, 0.1) is 17.0 Å². The Hall–Kier alpha value is -2.06. The number of hydrogen-bond acceptors (Lipinski definition) is 4. The maximum Gasteiger partial charge on any atom is 0.313 e. The van der Waals surface area contributed by atoms with Gasteiger partial charge < -0.3 is 19.5 Å². The number of rotatable bonds is 5. The Labute approximate surface area is 162 Å². The molecule has 2 heterocycles. The molecular formula is C20H25F2NO5. The number of nitrogens with zero attached hydrogens (tertiary/aromatic N) is 1. The van der Waals surface area contributed by atoms with E-state index in [4.69, 9.17) is 9.47 Å². The standard InChI is InChI=1S/C20H25F2NO5/c1-27-13-19(18(25)26)5-2-8-23(12-19)17(24)20(6-9-28-10-7-20)15-4-3-14(21)11-16(15)22/h3-4,11H,2,5-10,12-13H2,1H3,(H,25,26). The second kappa shape index (κ2) is 8.13. The van der Waals surface area contributed by atoms with Crippen LogP contribution in [0.25, 0.3) is 0 Å². The molecule has 0 aliphatic carbocycles. The van der Waals surface area contributed by atoms with Gasteiger partial charge in [-0.05, 0) is 31.7 Å². The van der Waals surface area contributed by atoms with E-state index in [0.29, 0.717) is 19.4 Å². The number of likely N-dealkylation sites (tertiary alicyclic amines) is 1. The van der Waals surface area contributed by atoms with Crippen molar-refractivity contribution < 1.29 is 33.0 Å². The van der Waals surface area contributed by atoms with Crippen molar-refractivity contribution in [1.82, 2.24) is 4.90 Å². The number of carbonyl (C=O) groups excluding carboxylic acids is 1. The van der Waals surface area contributed by atoms with Gasteiger partial charge in [0.15, 0.2) is 0 Å². The number of piperidine rings is 1. The number of halogens is 2. The van der Waals surface area contributed by atoms with Crippen molar-refractivity contribution in [1.29, 1.82) is 0 Å². The first-order valence-corrected chi connectivity index (χ1v) is 9.40. The summed E-state index contributed by atoms with van der Waals surface area (Å²) >= 11 is 0. The number of carbonyl (C=O) groups is 2. The van der Waals surface area contributed by atoms with Gasteiger partial charge in [-0.15, -0.1) is 0 Å². The number of amides is 1. The normalized spacial score (nSPS) is 24.8. The molecule has 2 saturated heterocycles. The minimum atomic E-state index is -1.19. The van der Waals surface area contributed by atoms with E-state index in [1.807, 2.05) is 0 Å². The first-order valence-electron chi connectivity index (χ1n) is 9.40. The molecule has 2 aliphatic rings. The van der Waals surface area contributed by atoms with Gasteiger partial charge in [-0.1, -0.05) is 6.07 Å². The molecule has 1 aromatic carbocycles. The summed E-state index contributed by atoms with van der Waals surface area (Å²) in [6.45, 7) is 0.938. The molecule has 0 aromatic heterocycles. The minimum absolute atomic E-state index is 0.000424. The molecule has 0 spiro atoms. The van der Waals surface area contributed by atoms with Crippen LogP contribution in [0.4, 0.5) is 8.78 Å². The smallest absolute Gasteiger partial charge is 0.313 e. The lowest BCUT2D eigenvalue weighted by Gasteiger charge is -2.45. The van der Waals surface area contributed by atoms with Crippen molar-refractivity contribution in [2.24, 2.45) is 5.41 Å². The van der Waals surface area contributed by atoms with E-state index in [2.05, 4.69) is 0 Å². The number of ether oxygens (including phenoxy) is 2. The van der Waals surface area contributed by atoms with Crippen molar-refractivity contribution in [3.8, 4) is 0 Å². The van der Waals surface area contributed by atoms with Crippen LogP contribution in [-0.2, 0) is 24.5 Å². The average Bonchev–Trinajstić information content (AvgIpc) is 2.68. The molecule has 1 amide bonds. The van der Waals surface area contributed by atoms with Gasteiger partial charge in [0.2, 0.25) is 5.91 Å². The quantitative estimate of drug-likeness (QED) is 0.826. The highest BCUT2D eigenvalue weighted by molar-refractivity contribution is 5.89. The van der Waals surface area contributed by atoms with Crippen LogP contribution in [0.2, 0.25) is 0 Å². The second-order valence-electron chi connectivity index (χ2n) is 7.67. The number of carboxylic acid groups (broad SMARTS) is 1. The molecule has 154 valence electrons. The van der Waals surface area contributed by atoms with Gasteiger partial charge in [0.25, 0.3) is 0 Å². The summed E-state index contributed by atoms with van der Waals surface area (Å²) in [5.74, 6) is -2.82. The molecule has 2 aliphatic heterocycles. The maximum atomic E-state index is 14.6. The van der Waals surface area contributed by atoms with E-state index in [1.165, 1.54) is 18.1 Å². The lowest BCUT2D eigenvalue weighted by atomic mass is 9.71. The van der Waals surface area contributed by atoms with E-state index in [9.17, 15) is 23.5 Å². The maximum absolute atomic E-state index is 14.6. The molecule has 0 bridgehead atoms. The first kappa shape index (κ1) is 20.7. The third-order valence-electron chi connectivity index (χ3n) is 5.94. The zero-order chi connectivity index (χ0) is 20.4. The Morgan fingerprint density at radius 3 is 2.57 bits per heavy atom. The molecule has 8 heteroatoms. The molecule has 2 fully saturated rings. The third-order valence-corrected chi connectivity index (χ3v) is 5.94. The van der Waals surface area contributed by atoms with Crippen LogP contribution in [0.1, 0.15) is 31.2 Å². The van der Waals surface area contributed by atoms with E-state index in [-0.39, 0.29) is 50.7 Å². The van der Waals surface area contributed by atoms with Crippen LogP contribution in [-0.4, -0.2) is 61.9 Å². The van der Waals surface area contributed by atoms with Crippen molar-refractivity contribution in [2.75, 3.05) is 40.0 Å². The van der Waals surface area contributed by atoms with Crippen molar-refractivity contribution in [3.05, 3.63) is 35.4 Å². The lowest BCUT2D eigenvalue weighted by Crippen LogP contribution is -2.57. The van der Waals surface area contributed by atoms with Gasteiger partial charge in [0, 0.05) is 45.0 Å². The Bertz CT molecular complexity index is 746.